The summed E-state index contributed by atoms with van der Waals surface area (Å²) in [6, 6.07) is -0.587. The van der Waals surface area contributed by atoms with Crippen LogP contribution in [0.1, 0.15) is 20.3 Å². The fraction of sp³-hybridized carbons (Fsp3) is 0.875. The van der Waals surface area contributed by atoms with E-state index in [0.717, 1.165) is 0 Å². The lowest BCUT2D eigenvalue weighted by atomic mass is 10.1. The summed E-state index contributed by atoms with van der Waals surface area (Å²) in [5.41, 5.74) is 5.55. The van der Waals surface area contributed by atoms with Gasteiger partial charge >= 0.3 is 0 Å². The van der Waals surface area contributed by atoms with Gasteiger partial charge in [0.1, 0.15) is 0 Å². The van der Waals surface area contributed by atoms with Gasteiger partial charge in [0.25, 0.3) is 10.1 Å². The monoisotopic (exact) mass is 240 g/mol. The average Bonchev–Trinajstić information content (AvgIpc) is 2.09. The summed E-state index contributed by atoms with van der Waals surface area (Å²) in [5, 5.41) is 2.50. The molecule has 0 aliphatic heterocycles. The van der Waals surface area contributed by atoms with Crippen LogP contribution >= 0.6 is 0 Å². The first-order valence-electron chi connectivity index (χ1n) is 4.72. The van der Waals surface area contributed by atoms with Crippen molar-refractivity contribution in [1.29, 1.82) is 0 Å². The molecule has 0 radical (unpaired) electrons. The Labute approximate surface area is 90.0 Å². The van der Waals surface area contributed by atoms with E-state index in [-0.39, 0.29) is 30.5 Å². The molecule has 0 unspecified atom stereocenters. The molecule has 4 N–H and O–H groups in total. The third-order valence-corrected chi connectivity index (χ3v) is 2.70. The maximum absolute atomic E-state index is 11.3. The van der Waals surface area contributed by atoms with Crippen molar-refractivity contribution in [3.05, 3.63) is 0 Å². The highest BCUT2D eigenvalue weighted by molar-refractivity contribution is 7.85. The Bertz CT molecular complexity index is 300. The van der Waals surface area contributed by atoms with Gasteiger partial charge in [0.05, 0.1) is 11.8 Å². The molecule has 90 valence electrons. The van der Waals surface area contributed by atoms with Crippen molar-refractivity contribution in [2.45, 2.75) is 26.3 Å². The predicted molar refractivity (Wildman–Crippen MR) is 56.9 cm³/mol. The number of nitrogens with one attached hydrogen (secondary N) is 1. The second kappa shape index (κ2) is 6.04. The Morgan fingerprint density at radius 1 is 1.53 bits per heavy atom. The van der Waals surface area contributed by atoms with E-state index in [0.29, 0.717) is 0 Å². The van der Waals surface area contributed by atoms with Gasteiger partial charge in [-0.25, -0.2) is 0 Å². The lowest BCUT2D eigenvalue weighted by molar-refractivity contribution is -0.123. The molecule has 0 saturated heterocycles. The zero-order chi connectivity index (χ0) is 12.1. The summed E-state index contributed by atoms with van der Waals surface area (Å²) in [4.78, 5) is 11.3. The second-order valence-corrected chi connectivity index (χ2v) is 5.27. The largest absolute Gasteiger partial charge is 0.355 e. The number of carbonyl (C=O) groups is 1. The Balaban J connectivity index is 3.74. The first-order valence-corrected chi connectivity index (χ1v) is 6.33. The predicted octanol–water partition coefficient (Wildman–Crippen LogP) is -0.636. The molecular weight excluding hydrogens is 222 g/mol. The van der Waals surface area contributed by atoms with Crippen LogP contribution in [0.2, 0.25) is 0 Å². The van der Waals surface area contributed by atoms with E-state index < -0.39 is 16.2 Å². The number of rotatable bonds is 6. The number of hydrogen-bond donors (Lipinski definition) is 3. The Morgan fingerprint density at radius 3 is 2.47 bits per heavy atom. The minimum Gasteiger partial charge on any atom is -0.355 e. The van der Waals surface area contributed by atoms with Gasteiger partial charge in [0.15, 0.2) is 0 Å². The third kappa shape index (κ3) is 7.29. The van der Waals surface area contributed by atoms with Crippen molar-refractivity contribution in [1.82, 2.24) is 5.32 Å². The molecule has 0 bridgehead atoms. The maximum atomic E-state index is 11.3. The molecule has 0 aromatic heterocycles. The van der Waals surface area contributed by atoms with Gasteiger partial charge in [0, 0.05) is 6.54 Å². The number of amides is 1. The topological polar surface area (TPSA) is 109 Å². The molecule has 0 aliphatic rings. The summed E-state index contributed by atoms with van der Waals surface area (Å²) >= 11 is 0. The summed E-state index contributed by atoms with van der Waals surface area (Å²) in [6.07, 6.45) is 0.176. The minimum absolute atomic E-state index is 0.0339. The van der Waals surface area contributed by atoms with Gasteiger partial charge in [0.2, 0.25) is 5.91 Å². The fourth-order valence-corrected chi connectivity index (χ4v) is 1.40. The molecule has 6 nitrogen and oxygen atoms in total. The van der Waals surface area contributed by atoms with E-state index in [4.69, 9.17) is 10.3 Å². The quantitative estimate of drug-likeness (QED) is 0.325. The van der Waals surface area contributed by atoms with Crippen molar-refractivity contribution in [3.63, 3.8) is 0 Å². The molecule has 0 spiro atoms. The lowest BCUT2D eigenvalue weighted by Gasteiger charge is -2.14. The SMILES string of the molecule is CC(C)[C@H](N)C(=[18O])NCCCS(=O)(=O)O. The smallest absolute Gasteiger partial charge is 0.264 e. The highest BCUT2D eigenvalue weighted by Gasteiger charge is 2.16. The Hall–Kier alpha value is -0.660. The Morgan fingerprint density at radius 2 is 2.07 bits per heavy atom. The van der Waals surface area contributed by atoms with Crippen molar-refractivity contribution in [2.75, 3.05) is 12.3 Å². The van der Waals surface area contributed by atoms with Crippen molar-refractivity contribution < 1.29 is 17.8 Å². The van der Waals surface area contributed by atoms with Crippen LogP contribution in [0, 0.1) is 5.92 Å². The van der Waals surface area contributed by atoms with E-state index >= 15 is 0 Å². The van der Waals surface area contributed by atoms with Crippen LogP contribution in [-0.4, -0.2) is 37.2 Å². The van der Waals surface area contributed by atoms with E-state index in [9.17, 15) is 13.2 Å². The number of nitrogens with two attached hydrogens (primary N) is 1. The normalized spacial score (nSPS) is 13.9. The van der Waals surface area contributed by atoms with Crippen molar-refractivity contribution in [2.24, 2.45) is 11.7 Å². The molecule has 0 saturated carbocycles. The third-order valence-electron chi connectivity index (χ3n) is 1.90. The van der Waals surface area contributed by atoms with Crippen LogP contribution in [0.15, 0.2) is 0 Å². The summed E-state index contributed by atoms with van der Waals surface area (Å²) in [5.74, 6) is -0.628. The summed E-state index contributed by atoms with van der Waals surface area (Å²) in [7, 11) is -3.94. The average molecular weight is 240 g/mol. The first kappa shape index (κ1) is 14.3. The zero-order valence-corrected chi connectivity index (χ0v) is 9.75. The highest BCUT2D eigenvalue weighted by atomic mass is 32.2. The van der Waals surface area contributed by atoms with E-state index in [1.165, 1.54) is 0 Å². The molecule has 7 heteroatoms. The standard InChI is InChI=1S/C8H18N2O4S/c1-6(2)7(9)8(11)10-4-3-5-15(12,13)14/h6-7H,3-5,9H2,1-2H3,(H,10,11)(H,12,13,14)/t7-/m0/s1/i11+2. The fourth-order valence-electron chi connectivity index (χ4n) is 0.887. The number of hydrogen-bond acceptors (Lipinski definition) is 4. The molecule has 0 aromatic carbocycles. The van der Waals surface area contributed by atoms with Crippen LogP contribution < -0.4 is 11.1 Å². The van der Waals surface area contributed by atoms with Crippen LogP contribution in [0.5, 0.6) is 0 Å². The van der Waals surface area contributed by atoms with Gasteiger partial charge in [-0.1, -0.05) is 13.8 Å². The van der Waals surface area contributed by atoms with Gasteiger partial charge in [-0.05, 0) is 12.3 Å². The molecule has 1 atom stereocenters. The summed E-state index contributed by atoms with van der Waals surface area (Å²) in [6.45, 7) is 3.84. The molecule has 0 aliphatic carbocycles. The maximum Gasteiger partial charge on any atom is 0.264 e. The van der Waals surface area contributed by atoms with E-state index in [1.807, 2.05) is 13.8 Å². The van der Waals surface area contributed by atoms with Crippen LogP contribution in [-0.2, 0) is 14.9 Å². The van der Waals surface area contributed by atoms with Crippen molar-refractivity contribution >= 4 is 16.0 Å². The van der Waals surface area contributed by atoms with Gasteiger partial charge in [-0.3, -0.25) is 9.35 Å². The highest BCUT2D eigenvalue weighted by Crippen LogP contribution is 1.97. The lowest BCUT2D eigenvalue weighted by Crippen LogP contribution is -2.44. The van der Waals surface area contributed by atoms with E-state index in [2.05, 4.69) is 5.32 Å². The molecule has 0 heterocycles. The molecule has 0 rings (SSSR count). The molecule has 15 heavy (non-hydrogen) atoms. The first-order chi connectivity index (χ1) is 6.74. The van der Waals surface area contributed by atoms with Crippen LogP contribution in [0.3, 0.4) is 0 Å². The van der Waals surface area contributed by atoms with Crippen LogP contribution in [0.4, 0.5) is 0 Å². The molecule has 0 fully saturated rings. The number of carbonyl (C=O) groups excluding carboxylic acids is 1. The van der Waals surface area contributed by atoms with Crippen molar-refractivity contribution in [3.8, 4) is 0 Å². The van der Waals surface area contributed by atoms with E-state index in [1.54, 1.807) is 0 Å². The molecule has 0 aromatic rings. The van der Waals surface area contributed by atoms with Gasteiger partial charge < -0.3 is 11.1 Å². The second-order valence-electron chi connectivity index (χ2n) is 3.70. The minimum atomic E-state index is -3.94. The van der Waals surface area contributed by atoms with Gasteiger partial charge in [-0.2, -0.15) is 8.42 Å². The molecular formula is C8H18N2O4S. The summed E-state index contributed by atoms with van der Waals surface area (Å²) < 4.78 is 29.1. The van der Waals surface area contributed by atoms with Gasteiger partial charge in [-0.15, -0.1) is 0 Å². The molecule has 1 amide bonds. The Kier molecular flexibility index (Phi) is 5.77. The van der Waals surface area contributed by atoms with Crippen LogP contribution in [0.25, 0.3) is 0 Å². The zero-order valence-electron chi connectivity index (χ0n) is 8.93.